The highest BCUT2D eigenvalue weighted by Gasteiger charge is 2.15. The van der Waals surface area contributed by atoms with Crippen LogP contribution in [-0.4, -0.2) is 22.4 Å². The lowest BCUT2D eigenvalue weighted by Crippen LogP contribution is -2.12. The van der Waals surface area contributed by atoms with E-state index in [4.69, 9.17) is 23.2 Å². The Kier molecular flexibility index (Phi) is 5.31. The summed E-state index contributed by atoms with van der Waals surface area (Å²) in [5, 5.41) is 11.6. The number of amides is 1. The highest BCUT2D eigenvalue weighted by Crippen LogP contribution is 2.33. The van der Waals surface area contributed by atoms with E-state index in [0.29, 0.717) is 21.4 Å². The van der Waals surface area contributed by atoms with Gasteiger partial charge < -0.3 is 5.32 Å². The van der Waals surface area contributed by atoms with Crippen LogP contribution in [0.15, 0.2) is 65.6 Å². The Morgan fingerprint density at radius 2 is 1.89 bits per heavy atom. The SMILES string of the molecule is CSc1ccccc1-c1ccc2c(NC(=O)c3ccc(Cl)cc3Cl)n[nH]c2c1. The predicted molar refractivity (Wildman–Crippen MR) is 118 cm³/mol. The minimum absolute atomic E-state index is 0.292. The van der Waals surface area contributed by atoms with Gasteiger partial charge in [-0.15, -0.1) is 11.8 Å². The van der Waals surface area contributed by atoms with Gasteiger partial charge >= 0.3 is 0 Å². The van der Waals surface area contributed by atoms with Crippen LogP contribution in [0.3, 0.4) is 0 Å². The van der Waals surface area contributed by atoms with Crippen LogP contribution in [0.1, 0.15) is 10.4 Å². The number of nitrogens with zero attached hydrogens (tertiary/aromatic N) is 1. The summed E-state index contributed by atoms with van der Waals surface area (Å²) in [6, 6.07) is 19.0. The van der Waals surface area contributed by atoms with Gasteiger partial charge in [-0.05, 0) is 53.8 Å². The van der Waals surface area contributed by atoms with Crippen molar-refractivity contribution < 1.29 is 4.79 Å². The molecule has 1 aromatic heterocycles. The van der Waals surface area contributed by atoms with Crippen molar-refractivity contribution in [1.82, 2.24) is 10.2 Å². The van der Waals surface area contributed by atoms with Crippen molar-refractivity contribution in [3.8, 4) is 11.1 Å². The minimum atomic E-state index is -0.341. The van der Waals surface area contributed by atoms with Crippen LogP contribution in [-0.2, 0) is 0 Å². The van der Waals surface area contributed by atoms with Crippen LogP contribution in [0.5, 0.6) is 0 Å². The van der Waals surface area contributed by atoms with Gasteiger partial charge in [-0.25, -0.2) is 0 Å². The highest BCUT2D eigenvalue weighted by molar-refractivity contribution is 7.98. The number of anilines is 1. The minimum Gasteiger partial charge on any atom is -0.305 e. The number of aromatic amines is 1. The van der Waals surface area contributed by atoms with E-state index in [1.54, 1.807) is 23.9 Å². The third-order valence-corrected chi connectivity index (χ3v) is 5.73. The molecular weight excluding hydrogens is 413 g/mol. The van der Waals surface area contributed by atoms with Gasteiger partial charge in [0.1, 0.15) is 0 Å². The van der Waals surface area contributed by atoms with E-state index in [2.05, 4.69) is 33.9 Å². The molecule has 28 heavy (non-hydrogen) atoms. The summed E-state index contributed by atoms with van der Waals surface area (Å²) < 4.78 is 0. The zero-order valence-corrected chi connectivity index (χ0v) is 17.1. The smallest absolute Gasteiger partial charge is 0.258 e. The second kappa shape index (κ2) is 7.87. The number of hydrogen-bond acceptors (Lipinski definition) is 3. The standard InChI is InChI=1S/C21H15Cl2N3OS/c1-28-19-5-3-2-4-14(19)12-6-8-16-18(10-12)25-26-20(16)24-21(27)15-9-7-13(22)11-17(15)23/h2-11H,1H3,(H2,24,25,26,27). The number of aromatic nitrogens is 2. The Morgan fingerprint density at radius 1 is 1.07 bits per heavy atom. The Morgan fingerprint density at radius 3 is 2.68 bits per heavy atom. The normalized spacial score (nSPS) is 11.0. The maximum Gasteiger partial charge on any atom is 0.258 e. The molecule has 7 heteroatoms. The van der Waals surface area contributed by atoms with Crippen LogP contribution in [0.2, 0.25) is 10.0 Å². The zero-order valence-electron chi connectivity index (χ0n) is 14.8. The molecule has 1 amide bonds. The summed E-state index contributed by atoms with van der Waals surface area (Å²) in [5.74, 6) is 0.114. The van der Waals surface area contributed by atoms with Gasteiger partial charge in [0.05, 0.1) is 16.1 Å². The monoisotopic (exact) mass is 427 g/mol. The topological polar surface area (TPSA) is 57.8 Å². The van der Waals surface area contributed by atoms with Gasteiger partial charge in [-0.2, -0.15) is 5.10 Å². The molecule has 4 nitrogen and oxygen atoms in total. The zero-order chi connectivity index (χ0) is 19.7. The number of benzene rings is 3. The van der Waals surface area contributed by atoms with E-state index >= 15 is 0 Å². The number of H-pyrrole nitrogens is 1. The van der Waals surface area contributed by atoms with Gasteiger partial charge in [0, 0.05) is 15.3 Å². The van der Waals surface area contributed by atoms with E-state index in [0.717, 1.165) is 22.0 Å². The quantitative estimate of drug-likeness (QED) is 0.364. The molecule has 3 aromatic carbocycles. The fraction of sp³-hybridized carbons (Fsp3) is 0.0476. The molecule has 0 atom stereocenters. The van der Waals surface area contributed by atoms with Gasteiger partial charge in [0.15, 0.2) is 5.82 Å². The summed E-state index contributed by atoms with van der Waals surface area (Å²) in [7, 11) is 0. The van der Waals surface area contributed by atoms with Crippen molar-refractivity contribution in [1.29, 1.82) is 0 Å². The molecular formula is C21H15Cl2N3OS. The highest BCUT2D eigenvalue weighted by atomic mass is 35.5. The van der Waals surface area contributed by atoms with Crippen LogP contribution in [0.25, 0.3) is 22.0 Å². The van der Waals surface area contributed by atoms with Crippen LogP contribution in [0.4, 0.5) is 5.82 Å². The van der Waals surface area contributed by atoms with E-state index < -0.39 is 0 Å². The molecule has 1 heterocycles. The first-order chi connectivity index (χ1) is 13.6. The van der Waals surface area contributed by atoms with Gasteiger partial charge in [-0.3, -0.25) is 9.89 Å². The van der Waals surface area contributed by atoms with Crippen molar-refractivity contribution >= 4 is 57.6 Å². The average Bonchev–Trinajstić information content (AvgIpc) is 3.09. The molecule has 0 radical (unpaired) electrons. The molecule has 4 rings (SSSR count). The number of hydrogen-bond donors (Lipinski definition) is 2. The first kappa shape index (κ1) is 18.9. The molecule has 2 N–H and O–H groups in total. The summed E-state index contributed by atoms with van der Waals surface area (Å²) in [6.45, 7) is 0. The Bertz CT molecular complexity index is 1190. The summed E-state index contributed by atoms with van der Waals surface area (Å²) in [5.41, 5.74) is 3.42. The molecule has 0 aliphatic rings. The molecule has 0 saturated heterocycles. The molecule has 0 aliphatic carbocycles. The largest absolute Gasteiger partial charge is 0.305 e. The van der Waals surface area contributed by atoms with Gasteiger partial charge in [-0.1, -0.05) is 47.5 Å². The maximum atomic E-state index is 12.6. The fourth-order valence-corrected chi connectivity index (χ4v) is 4.13. The number of nitrogens with one attached hydrogen (secondary N) is 2. The predicted octanol–water partition coefficient (Wildman–Crippen LogP) is 6.51. The van der Waals surface area contributed by atoms with Crippen molar-refractivity contribution in [2.45, 2.75) is 4.90 Å². The van der Waals surface area contributed by atoms with Crippen molar-refractivity contribution in [2.24, 2.45) is 0 Å². The summed E-state index contributed by atoms with van der Waals surface area (Å²) in [4.78, 5) is 13.8. The van der Waals surface area contributed by atoms with Crippen LogP contribution in [0, 0.1) is 0 Å². The number of fused-ring (bicyclic) bond motifs is 1. The van der Waals surface area contributed by atoms with E-state index in [9.17, 15) is 4.79 Å². The summed E-state index contributed by atoms with van der Waals surface area (Å²) in [6.07, 6.45) is 2.06. The van der Waals surface area contributed by atoms with E-state index in [1.165, 1.54) is 11.0 Å². The molecule has 0 saturated carbocycles. The van der Waals surface area contributed by atoms with Crippen molar-refractivity contribution in [3.05, 3.63) is 76.3 Å². The number of carbonyl (C=O) groups excluding carboxylic acids is 1. The number of halogens is 2. The number of thioether (sulfide) groups is 1. The average molecular weight is 428 g/mol. The maximum absolute atomic E-state index is 12.6. The Hall–Kier alpha value is -2.47. The first-order valence-electron chi connectivity index (χ1n) is 8.45. The fourth-order valence-electron chi connectivity index (χ4n) is 3.01. The van der Waals surface area contributed by atoms with E-state index in [-0.39, 0.29) is 5.91 Å². The lowest BCUT2D eigenvalue weighted by Gasteiger charge is -2.08. The molecule has 0 unspecified atom stereocenters. The second-order valence-corrected chi connectivity index (χ2v) is 7.80. The second-order valence-electron chi connectivity index (χ2n) is 6.11. The molecule has 0 bridgehead atoms. The Labute approximate surface area is 176 Å². The third kappa shape index (κ3) is 3.61. The van der Waals surface area contributed by atoms with Gasteiger partial charge in [0.2, 0.25) is 0 Å². The summed E-state index contributed by atoms with van der Waals surface area (Å²) >= 11 is 13.7. The van der Waals surface area contributed by atoms with Crippen molar-refractivity contribution in [2.75, 3.05) is 11.6 Å². The number of rotatable bonds is 4. The van der Waals surface area contributed by atoms with Crippen LogP contribution < -0.4 is 5.32 Å². The van der Waals surface area contributed by atoms with E-state index in [1.807, 2.05) is 30.3 Å². The first-order valence-corrected chi connectivity index (χ1v) is 10.4. The number of carbonyl (C=O) groups is 1. The molecule has 140 valence electrons. The molecule has 0 aliphatic heterocycles. The molecule has 0 fully saturated rings. The van der Waals surface area contributed by atoms with Crippen molar-refractivity contribution in [3.63, 3.8) is 0 Å². The van der Waals surface area contributed by atoms with Gasteiger partial charge in [0.25, 0.3) is 5.91 Å². The van der Waals surface area contributed by atoms with Crippen LogP contribution >= 0.6 is 35.0 Å². The lowest BCUT2D eigenvalue weighted by atomic mass is 10.0. The molecule has 4 aromatic rings. The third-order valence-electron chi connectivity index (χ3n) is 4.39. The molecule has 0 spiro atoms. The lowest BCUT2D eigenvalue weighted by molar-refractivity contribution is 0.102. The Balaban J connectivity index is 1.66.